The molecule has 1 amide bonds. The SMILES string of the molecule is CC(O)CNC(=O)CN(C)c1ncnc2ccccc12. The standard InChI is InChI=1S/C14H18N4O2/c1-10(19)7-15-13(20)8-18(2)14-11-5-3-4-6-12(11)16-9-17-14/h3-6,9-10,19H,7-8H2,1-2H3,(H,15,20). The molecule has 1 atom stereocenters. The van der Waals surface area contributed by atoms with Crippen molar-refractivity contribution in [1.29, 1.82) is 0 Å². The van der Waals surface area contributed by atoms with E-state index in [2.05, 4.69) is 15.3 Å². The van der Waals surface area contributed by atoms with Crippen LogP contribution in [0.15, 0.2) is 30.6 Å². The van der Waals surface area contributed by atoms with E-state index in [1.807, 2.05) is 24.3 Å². The van der Waals surface area contributed by atoms with Crippen LogP contribution in [0.3, 0.4) is 0 Å². The van der Waals surface area contributed by atoms with Gasteiger partial charge in [-0.1, -0.05) is 12.1 Å². The van der Waals surface area contributed by atoms with Gasteiger partial charge in [0.2, 0.25) is 5.91 Å². The molecule has 0 fully saturated rings. The summed E-state index contributed by atoms with van der Waals surface area (Å²) in [5.74, 6) is 0.555. The Morgan fingerprint density at radius 3 is 2.90 bits per heavy atom. The summed E-state index contributed by atoms with van der Waals surface area (Å²) in [6.45, 7) is 2.05. The third-order valence-electron chi connectivity index (χ3n) is 2.86. The highest BCUT2D eigenvalue weighted by Gasteiger charge is 2.12. The van der Waals surface area contributed by atoms with E-state index in [9.17, 15) is 4.79 Å². The number of hydrogen-bond donors (Lipinski definition) is 2. The van der Waals surface area contributed by atoms with Crippen LogP contribution in [0.4, 0.5) is 5.82 Å². The van der Waals surface area contributed by atoms with Crippen LogP contribution in [0.25, 0.3) is 10.9 Å². The van der Waals surface area contributed by atoms with Gasteiger partial charge in [-0.25, -0.2) is 9.97 Å². The summed E-state index contributed by atoms with van der Waals surface area (Å²) in [6.07, 6.45) is 0.936. The maximum atomic E-state index is 11.8. The second-order valence-electron chi connectivity index (χ2n) is 4.72. The van der Waals surface area contributed by atoms with Crippen molar-refractivity contribution >= 4 is 22.6 Å². The topological polar surface area (TPSA) is 78.4 Å². The summed E-state index contributed by atoms with van der Waals surface area (Å²) in [6, 6.07) is 7.65. The van der Waals surface area contributed by atoms with Crippen molar-refractivity contribution in [2.24, 2.45) is 0 Å². The maximum Gasteiger partial charge on any atom is 0.239 e. The number of likely N-dealkylation sites (N-methyl/N-ethyl adjacent to an activating group) is 1. The van der Waals surface area contributed by atoms with Crippen molar-refractivity contribution in [2.45, 2.75) is 13.0 Å². The zero-order valence-electron chi connectivity index (χ0n) is 11.6. The number of aromatic nitrogens is 2. The molecule has 0 bridgehead atoms. The van der Waals surface area contributed by atoms with Crippen LogP contribution < -0.4 is 10.2 Å². The molecular weight excluding hydrogens is 256 g/mol. The van der Waals surface area contributed by atoms with Gasteiger partial charge < -0.3 is 15.3 Å². The summed E-state index contributed by atoms with van der Waals surface area (Å²) >= 11 is 0. The molecule has 0 saturated carbocycles. The number of fused-ring (bicyclic) bond motifs is 1. The molecule has 2 rings (SSSR count). The average Bonchev–Trinajstić information content (AvgIpc) is 2.44. The van der Waals surface area contributed by atoms with Crippen molar-refractivity contribution in [2.75, 3.05) is 25.0 Å². The quantitative estimate of drug-likeness (QED) is 0.833. The van der Waals surface area contributed by atoms with Gasteiger partial charge in [0.15, 0.2) is 0 Å². The van der Waals surface area contributed by atoms with Crippen LogP contribution >= 0.6 is 0 Å². The third kappa shape index (κ3) is 3.42. The first-order valence-electron chi connectivity index (χ1n) is 6.43. The van der Waals surface area contributed by atoms with Gasteiger partial charge in [0, 0.05) is 19.0 Å². The highest BCUT2D eigenvalue weighted by atomic mass is 16.3. The fourth-order valence-corrected chi connectivity index (χ4v) is 1.90. The Bertz CT molecular complexity index is 595. The number of carbonyl (C=O) groups is 1. The van der Waals surface area contributed by atoms with Crippen LogP contribution in [-0.4, -0.2) is 47.2 Å². The second-order valence-corrected chi connectivity index (χ2v) is 4.72. The number of aliphatic hydroxyl groups excluding tert-OH is 1. The molecule has 2 N–H and O–H groups in total. The minimum absolute atomic E-state index is 0.156. The number of hydrogen-bond acceptors (Lipinski definition) is 5. The molecular formula is C14H18N4O2. The van der Waals surface area contributed by atoms with Gasteiger partial charge in [-0.2, -0.15) is 0 Å². The Morgan fingerprint density at radius 1 is 1.40 bits per heavy atom. The zero-order chi connectivity index (χ0) is 14.5. The molecule has 6 heteroatoms. The lowest BCUT2D eigenvalue weighted by Gasteiger charge is -2.19. The Labute approximate surface area is 117 Å². The van der Waals surface area contributed by atoms with Crippen molar-refractivity contribution in [3.8, 4) is 0 Å². The van der Waals surface area contributed by atoms with Crippen molar-refractivity contribution in [3.05, 3.63) is 30.6 Å². The Balaban J connectivity index is 2.11. The number of nitrogens with zero attached hydrogens (tertiary/aromatic N) is 3. The first-order chi connectivity index (χ1) is 9.58. The second kappa shape index (κ2) is 6.29. The summed E-state index contributed by atoms with van der Waals surface area (Å²) in [5.41, 5.74) is 0.841. The predicted octanol–water partition coefficient (Wildman–Crippen LogP) is 0.563. The molecule has 0 saturated heterocycles. The molecule has 106 valence electrons. The maximum absolute atomic E-state index is 11.8. The molecule has 0 radical (unpaired) electrons. The highest BCUT2D eigenvalue weighted by molar-refractivity contribution is 5.91. The van der Waals surface area contributed by atoms with E-state index in [4.69, 9.17) is 5.11 Å². The van der Waals surface area contributed by atoms with Crippen LogP contribution in [0.2, 0.25) is 0 Å². The van der Waals surface area contributed by atoms with Crippen molar-refractivity contribution in [3.63, 3.8) is 0 Å². The van der Waals surface area contributed by atoms with E-state index in [1.54, 1.807) is 18.9 Å². The smallest absolute Gasteiger partial charge is 0.239 e. The summed E-state index contributed by atoms with van der Waals surface area (Å²) in [5, 5.41) is 12.7. The van der Waals surface area contributed by atoms with Gasteiger partial charge in [-0.15, -0.1) is 0 Å². The normalized spacial score (nSPS) is 12.2. The lowest BCUT2D eigenvalue weighted by Crippen LogP contribution is -2.38. The van der Waals surface area contributed by atoms with Crippen molar-refractivity contribution in [1.82, 2.24) is 15.3 Å². The molecule has 2 aromatic rings. The minimum atomic E-state index is -0.552. The van der Waals surface area contributed by atoms with Gasteiger partial charge >= 0.3 is 0 Å². The largest absolute Gasteiger partial charge is 0.392 e. The molecule has 20 heavy (non-hydrogen) atoms. The number of benzene rings is 1. The van der Waals surface area contributed by atoms with E-state index >= 15 is 0 Å². The van der Waals surface area contributed by atoms with Crippen LogP contribution in [0, 0.1) is 0 Å². The summed E-state index contributed by atoms with van der Waals surface area (Å²) < 4.78 is 0. The Hall–Kier alpha value is -2.21. The number of para-hydroxylation sites is 1. The Morgan fingerprint density at radius 2 is 2.15 bits per heavy atom. The third-order valence-corrected chi connectivity index (χ3v) is 2.86. The number of nitrogens with one attached hydrogen (secondary N) is 1. The number of anilines is 1. The minimum Gasteiger partial charge on any atom is -0.392 e. The van der Waals surface area contributed by atoms with Gasteiger partial charge in [-0.3, -0.25) is 4.79 Å². The predicted molar refractivity (Wildman–Crippen MR) is 77.5 cm³/mol. The van der Waals surface area contributed by atoms with E-state index in [1.165, 1.54) is 6.33 Å². The fraction of sp³-hybridized carbons (Fsp3) is 0.357. The summed E-state index contributed by atoms with van der Waals surface area (Å²) in [7, 11) is 1.80. The number of rotatable bonds is 5. The van der Waals surface area contributed by atoms with Crippen LogP contribution in [0.1, 0.15) is 6.92 Å². The van der Waals surface area contributed by atoms with Crippen LogP contribution in [0.5, 0.6) is 0 Å². The zero-order valence-corrected chi connectivity index (χ0v) is 11.6. The monoisotopic (exact) mass is 274 g/mol. The fourth-order valence-electron chi connectivity index (χ4n) is 1.90. The molecule has 1 aromatic heterocycles. The summed E-state index contributed by atoms with van der Waals surface area (Å²) in [4.78, 5) is 22.0. The highest BCUT2D eigenvalue weighted by Crippen LogP contribution is 2.20. The first kappa shape index (κ1) is 14.2. The van der Waals surface area contributed by atoms with Gasteiger partial charge in [0.05, 0.1) is 18.2 Å². The lowest BCUT2D eigenvalue weighted by molar-refractivity contribution is -0.120. The molecule has 0 spiro atoms. The first-order valence-corrected chi connectivity index (χ1v) is 6.43. The van der Waals surface area contributed by atoms with E-state index in [0.717, 1.165) is 10.9 Å². The lowest BCUT2D eigenvalue weighted by atomic mass is 10.2. The van der Waals surface area contributed by atoms with Crippen LogP contribution in [-0.2, 0) is 4.79 Å². The van der Waals surface area contributed by atoms with E-state index < -0.39 is 6.10 Å². The average molecular weight is 274 g/mol. The van der Waals surface area contributed by atoms with E-state index in [0.29, 0.717) is 5.82 Å². The molecule has 6 nitrogen and oxygen atoms in total. The number of aliphatic hydroxyl groups is 1. The molecule has 0 aliphatic heterocycles. The number of amides is 1. The van der Waals surface area contributed by atoms with Crippen molar-refractivity contribution < 1.29 is 9.90 Å². The molecule has 0 aliphatic rings. The molecule has 1 heterocycles. The number of carbonyl (C=O) groups excluding carboxylic acids is 1. The van der Waals surface area contributed by atoms with Gasteiger partial charge in [-0.05, 0) is 19.1 Å². The molecule has 1 unspecified atom stereocenters. The van der Waals surface area contributed by atoms with Gasteiger partial charge in [0.25, 0.3) is 0 Å². The van der Waals surface area contributed by atoms with E-state index in [-0.39, 0.29) is 19.0 Å². The molecule has 0 aliphatic carbocycles. The van der Waals surface area contributed by atoms with Gasteiger partial charge in [0.1, 0.15) is 12.1 Å². The molecule has 1 aromatic carbocycles. The Kier molecular flexibility index (Phi) is 4.47.